The van der Waals surface area contributed by atoms with E-state index in [1.54, 1.807) is 0 Å². The molecule has 4 rings (SSSR count). The second kappa shape index (κ2) is 5.83. The number of benzene rings is 1. The van der Waals surface area contributed by atoms with Crippen molar-refractivity contribution in [2.45, 2.75) is 77.6 Å². The minimum atomic E-state index is -0.389. The fourth-order valence-corrected chi connectivity index (χ4v) is 3.69. The molecule has 2 aliphatic heterocycles. The molecule has 1 fully saturated rings. The second-order valence-electron chi connectivity index (χ2n) is 10.0. The maximum Gasteiger partial charge on any atom is 0.496 e. The van der Waals surface area contributed by atoms with Crippen molar-refractivity contribution in [2.24, 2.45) is 0 Å². The van der Waals surface area contributed by atoms with Crippen LogP contribution in [0.25, 0.3) is 11.3 Å². The van der Waals surface area contributed by atoms with E-state index in [1.165, 1.54) is 5.56 Å². The van der Waals surface area contributed by atoms with Gasteiger partial charge in [0, 0.05) is 28.2 Å². The summed E-state index contributed by atoms with van der Waals surface area (Å²) in [7, 11) is -0.389. The summed E-state index contributed by atoms with van der Waals surface area (Å²) in [6.45, 7) is 17.0. The lowest BCUT2D eigenvalue weighted by atomic mass is 9.73. The molecule has 148 valence electrons. The summed E-state index contributed by atoms with van der Waals surface area (Å²) in [6.07, 6.45) is 1.86. The molecule has 0 unspecified atom stereocenters. The number of nitrogens with zero attached hydrogens (tertiary/aromatic N) is 1. The second-order valence-corrected chi connectivity index (χ2v) is 10.0. The first kappa shape index (κ1) is 19.5. The molecule has 0 spiro atoms. The number of hydrogen-bond donors (Lipinski definition) is 0. The standard InChI is InChI=1S/C23H30BNO3/c1-20(2)17-13-15(9-12-19(17)26-21(20,3)4)18-11-10-16(14-25-18)24-27-22(5,6)23(7,8)28-24/h9-14H,1-8H3. The molecule has 0 aliphatic carbocycles. The molecule has 0 bridgehead atoms. The highest BCUT2D eigenvalue weighted by molar-refractivity contribution is 6.62. The summed E-state index contributed by atoms with van der Waals surface area (Å²) in [6, 6.07) is 10.4. The molecular formula is C23H30BNO3. The van der Waals surface area contributed by atoms with Crippen molar-refractivity contribution in [3.05, 3.63) is 42.1 Å². The van der Waals surface area contributed by atoms with E-state index >= 15 is 0 Å². The molecule has 0 radical (unpaired) electrons. The molecule has 5 heteroatoms. The number of ether oxygens (including phenoxy) is 1. The molecule has 0 atom stereocenters. The van der Waals surface area contributed by atoms with Crippen LogP contribution >= 0.6 is 0 Å². The SMILES string of the molecule is CC1(C)OB(c2ccc(-c3ccc4c(c3)C(C)(C)C(C)(C)O4)nc2)OC1(C)C. The molecule has 3 heterocycles. The number of hydrogen-bond acceptors (Lipinski definition) is 4. The summed E-state index contributed by atoms with van der Waals surface area (Å²) in [5.41, 5.74) is 3.18. The maximum absolute atomic E-state index is 6.17. The molecule has 0 amide bonds. The molecule has 2 aromatic rings. The van der Waals surface area contributed by atoms with Gasteiger partial charge in [-0.15, -0.1) is 0 Å². The molecule has 0 saturated carbocycles. The highest BCUT2D eigenvalue weighted by Crippen LogP contribution is 2.49. The predicted octanol–water partition coefficient (Wildman–Crippen LogP) is 4.50. The van der Waals surface area contributed by atoms with Crippen LogP contribution in [0.3, 0.4) is 0 Å². The molecule has 1 saturated heterocycles. The third kappa shape index (κ3) is 2.79. The van der Waals surface area contributed by atoms with Crippen LogP contribution in [0.2, 0.25) is 0 Å². The Morgan fingerprint density at radius 2 is 1.43 bits per heavy atom. The fourth-order valence-electron chi connectivity index (χ4n) is 3.69. The topological polar surface area (TPSA) is 40.6 Å². The molecular weight excluding hydrogens is 349 g/mol. The van der Waals surface area contributed by atoms with Crippen LogP contribution in [0.4, 0.5) is 0 Å². The molecule has 2 aliphatic rings. The third-order valence-corrected chi connectivity index (χ3v) is 7.13. The van der Waals surface area contributed by atoms with Crippen molar-refractivity contribution in [3.8, 4) is 17.0 Å². The summed E-state index contributed by atoms with van der Waals surface area (Å²) >= 11 is 0. The fraction of sp³-hybridized carbons (Fsp3) is 0.522. The number of pyridine rings is 1. The average Bonchev–Trinajstić information content (AvgIpc) is 2.93. The Morgan fingerprint density at radius 1 is 0.786 bits per heavy atom. The van der Waals surface area contributed by atoms with Gasteiger partial charge in [0.15, 0.2) is 0 Å². The first-order chi connectivity index (χ1) is 12.8. The molecule has 0 N–H and O–H groups in total. The van der Waals surface area contributed by atoms with Gasteiger partial charge in [0.2, 0.25) is 0 Å². The zero-order valence-corrected chi connectivity index (χ0v) is 18.2. The van der Waals surface area contributed by atoms with Crippen molar-refractivity contribution in [1.82, 2.24) is 4.98 Å². The number of fused-ring (bicyclic) bond motifs is 1. The Kier molecular flexibility index (Phi) is 4.06. The van der Waals surface area contributed by atoms with Crippen molar-refractivity contribution >= 4 is 12.6 Å². The Bertz CT molecular complexity index is 900. The summed E-state index contributed by atoms with van der Waals surface area (Å²) in [5.74, 6) is 0.965. The summed E-state index contributed by atoms with van der Waals surface area (Å²) < 4.78 is 18.4. The van der Waals surface area contributed by atoms with Crippen LogP contribution in [0.5, 0.6) is 5.75 Å². The van der Waals surface area contributed by atoms with E-state index in [9.17, 15) is 0 Å². The first-order valence-corrected chi connectivity index (χ1v) is 10.00. The Hall–Kier alpha value is -1.85. The zero-order valence-electron chi connectivity index (χ0n) is 18.2. The van der Waals surface area contributed by atoms with E-state index in [0.717, 1.165) is 22.5 Å². The lowest BCUT2D eigenvalue weighted by molar-refractivity contribution is 0.00578. The summed E-state index contributed by atoms with van der Waals surface area (Å²) in [4.78, 5) is 4.70. The van der Waals surface area contributed by atoms with E-state index in [2.05, 4.69) is 73.6 Å². The van der Waals surface area contributed by atoms with Gasteiger partial charge in [0.05, 0.1) is 16.9 Å². The van der Waals surface area contributed by atoms with E-state index in [0.29, 0.717) is 0 Å². The van der Waals surface area contributed by atoms with Crippen molar-refractivity contribution in [2.75, 3.05) is 0 Å². The largest absolute Gasteiger partial charge is 0.496 e. The van der Waals surface area contributed by atoms with Gasteiger partial charge >= 0.3 is 7.12 Å². The van der Waals surface area contributed by atoms with Crippen molar-refractivity contribution < 1.29 is 14.0 Å². The summed E-state index contributed by atoms with van der Waals surface area (Å²) in [5, 5.41) is 0. The average molecular weight is 379 g/mol. The monoisotopic (exact) mass is 379 g/mol. The smallest absolute Gasteiger partial charge is 0.487 e. The minimum absolute atomic E-state index is 0.0685. The predicted molar refractivity (Wildman–Crippen MR) is 113 cm³/mol. The van der Waals surface area contributed by atoms with Gasteiger partial charge in [0.25, 0.3) is 0 Å². The van der Waals surface area contributed by atoms with E-state index in [1.807, 2.05) is 18.3 Å². The van der Waals surface area contributed by atoms with Crippen LogP contribution < -0.4 is 10.2 Å². The lowest BCUT2D eigenvalue weighted by Gasteiger charge is -2.33. The van der Waals surface area contributed by atoms with E-state index in [4.69, 9.17) is 19.0 Å². The Morgan fingerprint density at radius 3 is 2.00 bits per heavy atom. The third-order valence-electron chi connectivity index (χ3n) is 7.13. The Labute approximate surface area is 168 Å². The molecule has 1 aromatic carbocycles. The van der Waals surface area contributed by atoms with Crippen molar-refractivity contribution in [3.63, 3.8) is 0 Å². The highest BCUT2D eigenvalue weighted by atomic mass is 16.7. The van der Waals surface area contributed by atoms with Crippen LogP contribution in [0.15, 0.2) is 36.5 Å². The van der Waals surface area contributed by atoms with Crippen LogP contribution in [0.1, 0.15) is 61.0 Å². The molecule has 28 heavy (non-hydrogen) atoms. The number of rotatable bonds is 2. The van der Waals surface area contributed by atoms with Gasteiger partial charge in [-0.1, -0.05) is 19.9 Å². The van der Waals surface area contributed by atoms with Gasteiger partial charge in [-0.25, -0.2) is 0 Å². The highest BCUT2D eigenvalue weighted by Gasteiger charge is 2.52. The van der Waals surface area contributed by atoms with Gasteiger partial charge in [0.1, 0.15) is 11.4 Å². The lowest BCUT2D eigenvalue weighted by Crippen LogP contribution is -2.41. The number of aromatic nitrogens is 1. The van der Waals surface area contributed by atoms with Crippen molar-refractivity contribution in [1.29, 1.82) is 0 Å². The molecule has 1 aromatic heterocycles. The van der Waals surface area contributed by atoms with Gasteiger partial charge < -0.3 is 14.0 Å². The van der Waals surface area contributed by atoms with Gasteiger partial charge in [-0.2, -0.15) is 0 Å². The maximum atomic E-state index is 6.17. The van der Waals surface area contributed by atoms with Crippen LogP contribution in [0, 0.1) is 0 Å². The van der Waals surface area contributed by atoms with Crippen LogP contribution in [-0.4, -0.2) is 28.9 Å². The zero-order chi connectivity index (χ0) is 20.5. The normalized spacial score (nSPS) is 23.4. The van der Waals surface area contributed by atoms with Crippen LogP contribution in [-0.2, 0) is 14.7 Å². The van der Waals surface area contributed by atoms with E-state index < -0.39 is 0 Å². The minimum Gasteiger partial charge on any atom is -0.487 e. The van der Waals surface area contributed by atoms with Gasteiger partial charge in [-0.3, -0.25) is 4.98 Å². The molecule has 4 nitrogen and oxygen atoms in total. The Balaban J connectivity index is 1.62. The first-order valence-electron chi connectivity index (χ1n) is 10.00. The van der Waals surface area contributed by atoms with E-state index in [-0.39, 0.29) is 29.3 Å². The van der Waals surface area contributed by atoms with Gasteiger partial charge in [-0.05, 0) is 65.8 Å². The quantitative estimate of drug-likeness (QED) is 0.721.